The van der Waals surface area contributed by atoms with Crippen LogP contribution in [-0.4, -0.2) is 56.2 Å². The van der Waals surface area contributed by atoms with Crippen molar-refractivity contribution in [2.24, 2.45) is 0 Å². The molecule has 1 fully saturated rings. The maximum atomic E-state index is 13.0. The third kappa shape index (κ3) is 4.46. The molecule has 174 valence electrons. The van der Waals surface area contributed by atoms with Gasteiger partial charge in [-0.25, -0.2) is 4.98 Å². The molecule has 0 aliphatic carbocycles. The molecule has 4 rings (SSSR count). The zero-order chi connectivity index (χ0) is 23.8. The van der Waals surface area contributed by atoms with Gasteiger partial charge in [0.05, 0.1) is 25.3 Å². The standard InChI is InChI=1S/C23H23F3N4O3/c1-32-19-11-16-17(27)12-21(28-18(16)13-20(19)33-2)29-6-8-30(9-7-29)22(31)14-4-3-5-15(10-14)23(24,25)26/h3-5,10-13H,6-9H2,1-2H3,(H2,27,28). The van der Waals surface area contributed by atoms with E-state index in [-0.39, 0.29) is 5.56 Å². The molecule has 0 unspecified atom stereocenters. The minimum Gasteiger partial charge on any atom is -0.493 e. The first-order chi connectivity index (χ1) is 15.7. The molecule has 2 aromatic carbocycles. The number of aromatic nitrogens is 1. The Labute approximate surface area is 188 Å². The van der Waals surface area contributed by atoms with Crippen LogP contribution in [0.3, 0.4) is 0 Å². The highest BCUT2D eigenvalue weighted by Crippen LogP contribution is 2.35. The molecule has 0 spiro atoms. The van der Waals surface area contributed by atoms with Crippen LogP contribution in [0.15, 0.2) is 42.5 Å². The van der Waals surface area contributed by atoms with E-state index in [0.29, 0.717) is 54.7 Å². The summed E-state index contributed by atoms with van der Waals surface area (Å²) >= 11 is 0. The number of hydrogen-bond acceptors (Lipinski definition) is 6. The second kappa shape index (κ2) is 8.68. The molecule has 0 radical (unpaired) electrons. The molecule has 0 atom stereocenters. The zero-order valence-corrected chi connectivity index (χ0v) is 18.1. The number of piperazine rings is 1. The van der Waals surface area contributed by atoms with Crippen LogP contribution in [0.2, 0.25) is 0 Å². The molecule has 7 nitrogen and oxygen atoms in total. The van der Waals surface area contributed by atoms with E-state index in [0.717, 1.165) is 17.5 Å². The quantitative estimate of drug-likeness (QED) is 0.638. The summed E-state index contributed by atoms with van der Waals surface area (Å²) in [6.07, 6.45) is -4.50. The maximum Gasteiger partial charge on any atom is 0.416 e. The van der Waals surface area contributed by atoms with E-state index < -0.39 is 17.6 Å². The molecule has 1 aliphatic heterocycles. The molecular weight excluding hydrogens is 437 g/mol. The molecule has 10 heteroatoms. The van der Waals surface area contributed by atoms with Gasteiger partial charge in [-0.3, -0.25) is 4.79 Å². The molecule has 1 aromatic heterocycles. The number of nitrogens with zero attached hydrogens (tertiary/aromatic N) is 3. The summed E-state index contributed by atoms with van der Waals surface area (Å²) < 4.78 is 49.6. The van der Waals surface area contributed by atoms with Crippen molar-refractivity contribution < 1.29 is 27.4 Å². The molecule has 1 aliphatic rings. The number of fused-ring (bicyclic) bond motifs is 1. The minimum absolute atomic E-state index is 0.0207. The molecular formula is C23H23F3N4O3. The highest BCUT2D eigenvalue weighted by Gasteiger charge is 2.32. The fraction of sp³-hybridized carbons (Fsp3) is 0.304. The largest absolute Gasteiger partial charge is 0.493 e. The first kappa shape index (κ1) is 22.5. The van der Waals surface area contributed by atoms with Crippen molar-refractivity contribution in [3.05, 3.63) is 53.6 Å². The van der Waals surface area contributed by atoms with Gasteiger partial charge in [-0.05, 0) is 24.3 Å². The summed E-state index contributed by atoms with van der Waals surface area (Å²) in [5.41, 5.74) is 6.61. The highest BCUT2D eigenvalue weighted by atomic mass is 19.4. The molecule has 1 amide bonds. The summed E-state index contributed by atoms with van der Waals surface area (Å²) in [6.45, 7) is 1.63. The Morgan fingerprint density at radius 2 is 1.67 bits per heavy atom. The van der Waals surface area contributed by atoms with Crippen LogP contribution < -0.4 is 20.1 Å². The van der Waals surface area contributed by atoms with Gasteiger partial charge < -0.3 is 25.0 Å². The molecule has 2 N–H and O–H groups in total. The summed E-state index contributed by atoms with van der Waals surface area (Å²) in [6, 6.07) is 9.78. The highest BCUT2D eigenvalue weighted by molar-refractivity contribution is 5.95. The fourth-order valence-electron chi connectivity index (χ4n) is 3.88. The predicted octanol–water partition coefficient (Wildman–Crippen LogP) is 3.82. The number of rotatable bonds is 4. The third-order valence-electron chi connectivity index (χ3n) is 5.66. The Hall–Kier alpha value is -3.69. The Balaban J connectivity index is 1.51. The van der Waals surface area contributed by atoms with Crippen molar-refractivity contribution in [3.63, 3.8) is 0 Å². The van der Waals surface area contributed by atoms with E-state index in [2.05, 4.69) is 0 Å². The van der Waals surface area contributed by atoms with Crippen molar-refractivity contribution in [2.75, 3.05) is 51.0 Å². The van der Waals surface area contributed by atoms with Crippen LogP contribution in [-0.2, 0) is 6.18 Å². The van der Waals surface area contributed by atoms with E-state index in [9.17, 15) is 18.0 Å². The van der Waals surface area contributed by atoms with Gasteiger partial charge in [0.2, 0.25) is 0 Å². The number of carbonyl (C=O) groups excluding carboxylic acids is 1. The topological polar surface area (TPSA) is 80.9 Å². The van der Waals surface area contributed by atoms with E-state index in [1.54, 1.807) is 30.2 Å². The van der Waals surface area contributed by atoms with Gasteiger partial charge in [0, 0.05) is 54.9 Å². The summed E-state index contributed by atoms with van der Waals surface area (Å²) in [7, 11) is 3.08. The molecule has 0 saturated carbocycles. The van der Waals surface area contributed by atoms with Crippen molar-refractivity contribution in [2.45, 2.75) is 6.18 Å². The lowest BCUT2D eigenvalue weighted by molar-refractivity contribution is -0.137. The van der Waals surface area contributed by atoms with E-state index in [4.69, 9.17) is 20.2 Å². The first-order valence-electron chi connectivity index (χ1n) is 10.2. The van der Waals surface area contributed by atoms with Gasteiger partial charge in [0.15, 0.2) is 11.5 Å². The lowest BCUT2D eigenvalue weighted by Gasteiger charge is -2.35. The monoisotopic (exact) mass is 460 g/mol. The molecule has 1 saturated heterocycles. The van der Waals surface area contributed by atoms with Crippen LogP contribution in [0.1, 0.15) is 15.9 Å². The number of nitrogen functional groups attached to an aromatic ring is 1. The first-order valence-corrected chi connectivity index (χ1v) is 10.2. The number of halogens is 3. The van der Waals surface area contributed by atoms with Crippen LogP contribution in [0, 0.1) is 0 Å². The number of pyridine rings is 1. The summed E-state index contributed by atoms with van der Waals surface area (Å²) in [4.78, 5) is 21.0. The van der Waals surface area contributed by atoms with Crippen molar-refractivity contribution in [3.8, 4) is 11.5 Å². The average molecular weight is 460 g/mol. The molecule has 3 aromatic rings. The van der Waals surface area contributed by atoms with Gasteiger partial charge in [-0.2, -0.15) is 13.2 Å². The Bertz CT molecular complexity index is 1190. The van der Waals surface area contributed by atoms with Crippen LogP contribution in [0.25, 0.3) is 10.9 Å². The van der Waals surface area contributed by atoms with Gasteiger partial charge in [-0.1, -0.05) is 6.07 Å². The second-order valence-corrected chi connectivity index (χ2v) is 7.65. The minimum atomic E-state index is -4.50. The fourth-order valence-corrected chi connectivity index (χ4v) is 3.88. The predicted molar refractivity (Wildman–Crippen MR) is 119 cm³/mol. The van der Waals surface area contributed by atoms with Crippen LogP contribution >= 0.6 is 0 Å². The van der Waals surface area contributed by atoms with E-state index >= 15 is 0 Å². The van der Waals surface area contributed by atoms with Crippen molar-refractivity contribution in [1.82, 2.24) is 9.88 Å². The van der Waals surface area contributed by atoms with E-state index in [1.807, 2.05) is 4.90 Å². The number of ether oxygens (including phenoxy) is 2. The van der Waals surface area contributed by atoms with Crippen molar-refractivity contribution in [1.29, 1.82) is 0 Å². The zero-order valence-electron chi connectivity index (χ0n) is 18.1. The number of hydrogen-bond donors (Lipinski definition) is 1. The number of carbonyl (C=O) groups is 1. The average Bonchev–Trinajstić information content (AvgIpc) is 2.82. The van der Waals surface area contributed by atoms with Gasteiger partial charge in [0.1, 0.15) is 5.82 Å². The maximum absolute atomic E-state index is 13.0. The summed E-state index contributed by atoms with van der Waals surface area (Å²) in [5.74, 6) is 1.31. The SMILES string of the molecule is COc1cc2nc(N3CCN(C(=O)c4cccc(C(F)(F)F)c4)CC3)cc(N)c2cc1OC. The molecule has 33 heavy (non-hydrogen) atoms. The summed E-state index contributed by atoms with van der Waals surface area (Å²) in [5, 5.41) is 0.731. The number of methoxy groups -OCH3 is 2. The molecule has 2 heterocycles. The Morgan fingerprint density at radius 1 is 1.00 bits per heavy atom. The van der Waals surface area contributed by atoms with Gasteiger partial charge >= 0.3 is 6.18 Å². The second-order valence-electron chi connectivity index (χ2n) is 7.65. The van der Waals surface area contributed by atoms with Crippen LogP contribution in [0.4, 0.5) is 24.7 Å². The normalized spacial score (nSPS) is 14.5. The van der Waals surface area contributed by atoms with Crippen LogP contribution in [0.5, 0.6) is 11.5 Å². The molecule has 0 bridgehead atoms. The Kier molecular flexibility index (Phi) is 5.92. The number of anilines is 2. The lowest BCUT2D eigenvalue weighted by Crippen LogP contribution is -2.49. The number of alkyl halides is 3. The van der Waals surface area contributed by atoms with Crippen molar-refractivity contribution >= 4 is 28.3 Å². The number of benzene rings is 2. The lowest BCUT2D eigenvalue weighted by atomic mass is 10.1. The van der Waals surface area contributed by atoms with Gasteiger partial charge in [0.25, 0.3) is 5.91 Å². The number of amides is 1. The smallest absolute Gasteiger partial charge is 0.416 e. The van der Waals surface area contributed by atoms with Gasteiger partial charge in [-0.15, -0.1) is 0 Å². The number of nitrogens with two attached hydrogens (primary N) is 1. The van der Waals surface area contributed by atoms with E-state index in [1.165, 1.54) is 19.2 Å². The Morgan fingerprint density at radius 3 is 2.30 bits per heavy atom. The third-order valence-corrected chi connectivity index (χ3v) is 5.66.